The molecule has 2 heterocycles. The van der Waals surface area contributed by atoms with Crippen molar-refractivity contribution in [2.24, 2.45) is 0 Å². The van der Waals surface area contributed by atoms with Gasteiger partial charge in [0.25, 0.3) is 0 Å². The first-order valence-electron chi connectivity index (χ1n) is 8.33. The summed E-state index contributed by atoms with van der Waals surface area (Å²) in [4.78, 5) is 2.44. The maximum atomic E-state index is 5.99. The molecule has 2 aliphatic heterocycles. The van der Waals surface area contributed by atoms with Gasteiger partial charge in [0.1, 0.15) is 5.75 Å². The minimum Gasteiger partial charge on any atom is -0.493 e. The largest absolute Gasteiger partial charge is 0.493 e. The zero-order valence-electron chi connectivity index (χ0n) is 13.5. The van der Waals surface area contributed by atoms with E-state index in [0.29, 0.717) is 0 Å². The summed E-state index contributed by atoms with van der Waals surface area (Å²) in [5, 5.41) is 9.74. The van der Waals surface area contributed by atoms with Gasteiger partial charge in [-0.2, -0.15) is 0 Å². The van der Waals surface area contributed by atoms with E-state index in [4.69, 9.17) is 9.47 Å². The number of morpholine rings is 1. The third kappa shape index (κ3) is 5.13. The molecular weight excluding hydrogens is 292 g/mol. The van der Waals surface area contributed by atoms with E-state index < -0.39 is 0 Å². The smallest absolute Gasteiger partial charge is 0.152 e. The first kappa shape index (κ1) is 16.1. The third-order valence-electron chi connectivity index (χ3n) is 4.06. The van der Waals surface area contributed by atoms with Gasteiger partial charge in [-0.15, -0.1) is 0 Å². The Morgan fingerprint density at radius 3 is 2.78 bits per heavy atom. The monoisotopic (exact) mass is 318 g/mol. The van der Waals surface area contributed by atoms with Crippen molar-refractivity contribution in [2.75, 3.05) is 39.5 Å². The fourth-order valence-corrected chi connectivity index (χ4v) is 2.75. The van der Waals surface area contributed by atoms with Gasteiger partial charge in [0.15, 0.2) is 6.29 Å². The zero-order valence-corrected chi connectivity index (χ0v) is 13.5. The molecular formula is C17H26N4O2. The summed E-state index contributed by atoms with van der Waals surface area (Å²) in [5.41, 5.74) is 1.18. The molecule has 126 valence electrons. The van der Waals surface area contributed by atoms with Crippen molar-refractivity contribution in [3.63, 3.8) is 0 Å². The van der Waals surface area contributed by atoms with Crippen molar-refractivity contribution in [3.05, 3.63) is 42.2 Å². The second-order valence-corrected chi connectivity index (χ2v) is 5.74. The van der Waals surface area contributed by atoms with Crippen molar-refractivity contribution in [3.8, 4) is 5.75 Å². The summed E-state index contributed by atoms with van der Waals surface area (Å²) < 4.78 is 11.4. The maximum Gasteiger partial charge on any atom is 0.152 e. The van der Waals surface area contributed by atoms with E-state index in [-0.39, 0.29) is 6.29 Å². The Labute approximate surface area is 137 Å². The van der Waals surface area contributed by atoms with Crippen molar-refractivity contribution >= 4 is 0 Å². The van der Waals surface area contributed by atoms with Crippen LogP contribution in [0.1, 0.15) is 12.0 Å². The Kier molecular flexibility index (Phi) is 6.14. The summed E-state index contributed by atoms with van der Waals surface area (Å²) >= 11 is 0. The number of ether oxygens (including phenoxy) is 2. The lowest BCUT2D eigenvalue weighted by Gasteiger charge is -2.26. The predicted molar refractivity (Wildman–Crippen MR) is 89.9 cm³/mol. The quantitative estimate of drug-likeness (QED) is 0.617. The molecule has 0 radical (unpaired) electrons. The lowest BCUT2D eigenvalue weighted by atomic mass is 10.2. The van der Waals surface area contributed by atoms with Crippen LogP contribution in [0.25, 0.3) is 0 Å². The highest BCUT2D eigenvalue weighted by atomic mass is 16.5. The fourth-order valence-electron chi connectivity index (χ4n) is 2.75. The summed E-state index contributed by atoms with van der Waals surface area (Å²) in [6, 6.07) is 8.21. The molecule has 3 N–H and O–H groups in total. The SMILES string of the molecule is C1=CNC(NCc2ccccc2OCCCN2CCOCC2)N1. The highest BCUT2D eigenvalue weighted by Crippen LogP contribution is 2.18. The number of nitrogens with one attached hydrogen (secondary N) is 3. The Balaban J connectivity index is 1.40. The molecule has 0 amide bonds. The first-order valence-corrected chi connectivity index (χ1v) is 8.33. The molecule has 0 aromatic heterocycles. The van der Waals surface area contributed by atoms with Crippen LogP contribution >= 0.6 is 0 Å². The van der Waals surface area contributed by atoms with Gasteiger partial charge < -0.3 is 20.1 Å². The Bertz CT molecular complexity index is 495. The molecule has 0 unspecified atom stereocenters. The van der Waals surface area contributed by atoms with Crippen molar-refractivity contribution in [2.45, 2.75) is 19.3 Å². The predicted octanol–water partition coefficient (Wildman–Crippen LogP) is 0.825. The van der Waals surface area contributed by atoms with Gasteiger partial charge in [-0.05, 0) is 12.5 Å². The van der Waals surface area contributed by atoms with Crippen LogP contribution in [0.15, 0.2) is 36.7 Å². The molecule has 1 fully saturated rings. The number of hydrogen-bond acceptors (Lipinski definition) is 6. The first-order chi connectivity index (χ1) is 11.4. The van der Waals surface area contributed by atoms with Crippen LogP contribution in [0, 0.1) is 0 Å². The van der Waals surface area contributed by atoms with Gasteiger partial charge in [-0.1, -0.05) is 18.2 Å². The third-order valence-corrected chi connectivity index (χ3v) is 4.06. The summed E-state index contributed by atoms with van der Waals surface area (Å²) in [5.74, 6) is 0.966. The second kappa shape index (κ2) is 8.76. The molecule has 0 aliphatic carbocycles. The van der Waals surface area contributed by atoms with Crippen LogP contribution in [0.5, 0.6) is 5.75 Å². The molecule has 0 atom stereocenters. The van der Waals surface area contributed by atoms with Crippen LogP contribution in [0.4, 0.5) is 0 Å². The molecule has 23 heavy (non-hydrogen) atoms. The molecule has 2 aliphatic rings. The molecule has 0 saturated carbocycles. The molecule has 1 aromatic rings. The number of nitrogens with zero attached hydrogens (tertiary/aromatic N) is 1. The van der Waals surface area contributed by atoms with E-state index in [1.54, 1.807) is 0 Å². The minimum atomic E-state index is 0.0874. The van der Waals surface area contributed by atoms with E-state index in [1.807, 2.05) is 30.6 Å². The number of para-hydroxylation sites is 1. The van der Waals surface area contributed by atoms with Gasteiger partial charge in [-0.25, -0.2) is 0 Å². The van der Waals surface area contributed by atoms with Crippen LogP contribution in [0.2, 0.25) is 0 Å². The summed E-state index contributed by atoms with van der Waals surface area (Å²) in [6.45, 7) is 6.36. The van der Waals surface area contributed by atoms with E-state index >= 15 is 0 Å². The number of rotatable bonds is 8. The highest BCUT2D eigenvalue weighted by Gasteiger charge is 2.11. The molecule has 1 aromatic carbocycles. The van der Waals surface area contributed by atoms with Gasteiger partial charge in [0.05, 0.1) is 19.8 Å². The van der Waals surface area contributed by atoms with E-state index in [1.165, 1.54) is 5.56 Å². The Morgan fingerprint density at radius 1 is 1.17 bits per heavy atom. The van der Waals surface area contributed by atoms with E-state index in [2.05, 4.69) is 26.9 Å². The summed E-state index contributed by atoms with van der Waals surface area (Å²) in [6.07, 6.45) is 4.92. The normalized spacial score (nSPS) is 18.6. The molecule has 6 nitrogen and oxygen atoms in total. The highest BCUT2D eigenvalue weighted by molar-refractivity contribution is 5.33. The van der Waals surface area contributed by atoms with Gasteiger partial charge in [0, 0.05) is 44.1 Å². The molecule has 0 spiro atoms. The standard InChI is InChI=1S/C17H26N4O2/c1-2-5-16(15(4-1)14-20-17-18-6-7-19-17)23-11-3-8-21-9-12-22-13-10-21/h1-2,4-7,17-20H,3,8-14H2. The zero-order chi connectivity index (χ0) is 15.7. The minimum absolute atomic E-state index is 0.0874. The number of benzene rings is 1. The van der Waals surface area contributed by atoms with Crippen LogP contribution in [-0.2, 0) is 11.3 Å². The summed E-state index contributed by atoms with van der Waals surface area (Å²) in [7, 11) is 0. The molecule has 0 bridgehead atoms. The van der Waals surface area contributed by atoms with Crippen LogP contribution in [0.3, 0.4) is 0 Å². The lowest BCUT2D eigenvalue weighted by molar-refractivity contribution is 0.0358. The Morgan fingerprint density at radius 2 is 1.96 bits per heavy atom. The van der Waals surface area contributed by atoms with E-state index in [9.17, 15) is 0 Å². The van der Waals surface area contributed by atoms with Gasteiger partial charge in [0.2, 0.25) is 0 Å². The molecule has 6 heteroatoms. The molecule has 1 saturated heterocycles. The Hall–Kier alpha value is -1.76. The fraction of sp³-hybridized carbons (Fsp3) is 0.529. The van der Waals surface area contributed by atoms with Gasteiger partial charge >= 0.3 is 0 Å². The van der Waals surface area contributed by atoms with Crippen molar-refractivity contribution < 1.29 is 9.47 Å². The maximum absolute atomic E-state index is 5.99. The van der Waals surface area contributed by atoms with Crippen molar-refractivity contribution in [1.29, 1.82) is 0 Å². The van der Waals surface area contributed by atoms with Crippen LogP contribution in [-0.4, -0.2) is 50.6 Å². The second-order valence-electron chi connectivity index (χ2n) is 5.74. The lowest BCUT2D eigenvalue weighted by Crippen LogP contribution is -2.44. The van der Waals surface area contributed by atoms with Crippen LogP contribution < -0.4 is 20.7 Å². The van der Waals surface area contributed by atoms with Gasteiger partial charge in [-0.3, -0.25) is 10.2 Å². The van der Waals surface area contributed by atoms with E-state index in [0.717, 1.165) is 58.2 Å². The van der Waals surface area contributed by atoms with Crippen molar-refractivity contribution in [1.82, 2.24) is 20.9 Å². The molecule has 3 rings (SSSR count). The average Bonchev–Trinajstić information content (AvgIpc) is 3.12. The topological polar surface area (TPSA) is 57.8 Å². The number of hydrogen-bond donors (Lipinski definition) is 3. The average molecular weight is 318 g/mol.